The van der Waals surface area contributed by atoms with Crippen LogP contribution in [-0.4, -0.2) is 21.6 Å². The van der Waals surface area contributed by atoms with E-state index >= 15 is 0 Å². The Hall–Kier alpha value is -2.79. The van der Waals surface area contributed by atoms with E-state index in [9.17, 15) is 4.79 Å². The molecule has 6 heteroatoms. The molecular weight excluding hydrogens is 422 g/mol. The van der Waals surface area contributed by atoms with Crippen LogP contribution in [0.25, 0.3) is 0 Å². The fraction of sp³-hybridized carbons (Fsp3) is 0.385. The molecule has 7 rings (SSSR count). The Balaban J connectivity index is 1.35. The van der Waals surface area contributed by atoms with Crippen molar-refractivity contribution in [2.45, 2.75) is 44.2 Å². The third-order valence-electron chi connectivity index (χ3n) is 7.74. The van der Waals surface area contributed by atoms with Gasteiger partial charge in [-0.1, -0.05) is 41.9 Å². The molecule has 4 fully saturated rings. The van der Waals surface area contributed by atoms with Gasteiger partial charge in [0.05, 0.1) is 11.7 Å². The fourth-order valence-electron chi connectivity index (χ4n) is 6.67. The van der Waals surface area contributed by atoms with Gasteiger partial charge in [0.2, 0.25) is 5.88 Å². The smallest absolute Gasteiger partial charge is 0.265 e. The summed E-state index contributed by atoms with van der Waals surface area (Å²) in [5, 5.41) is 7.73. The number of carbonyl (C=O) groups excluding carboxylic acids is 1. The minimum absolute atomic E-state index is 0.0441. The normalized spacial score (nSPS) is 27.6. The molecule has 2 atom stereocenters. The molecule has 4 aliphatic rings. The number of halogens is 1. The molecule has 0 spiro atoms. The van der Waals surface area contributed by atoms with Crippen LogP contribution in [0.1, 0.15) is 48.0 Å². The van der Waals surface area contributed by atoms with Gasteiger partial charge in [0, 0.05) is 10.7 Å². The van der Waals surface area contributed by atoms with E-state index in [-0.39, 0.29) is 11.4 Å². The number of anilines is 1. The lowest BCUT2D eigenvalue weighted by Gasteiger charge is -2.43. The molecule has 0 aliphatic heterocycles. The van der Waals surface area contributed by atoms with Gasteiger partial charge >= 0.3 is 0 Å². The summed E-state index contributed by atoms with van der Waals surface area (Å²) in [6, 6.07) is 17.6. The van der Waals surface area contributed by atoms with Crippen molar-refractivity contribution in [2.75, 3.05) is 4.90 Å². The molecule has 0 saturated heterocycles. The number of hydrogen-bond donors (Lipinski definition) is 1. The summed E-state index contributed by atoms with van der Waals surface area (Å²) in [5.74, 6) is 2.40. The van der Waals surface area contributed by atoms with Gasteiger partial charge in [0.15, 0.2) is 0 Å². The highest BCUT2D eigenvalue weighted by molar-refractivity contribution is 6.30. The van der Waals surface area contributed by atoms with Crippen molar-refractivity contribution in [2.24, 2.45) is 17.8 Å². The number of nitrogens with zero attached hydrogens (tertiary/aromatic N) is 2. The number of amides is 1. The zero-order valence-corrected chi connectivity index (χ0v) is 18.6. The van der Waals surface area contributed by atoms with Gasteiger partial charge in [-0.15, -0.1) is 0 Å². The second-order valence-corrected chi connectivity index (χ2v) is 10.1. The second-order valence-electron chi connectivity index (χ2n) is 9.65. The first-order valence-electron chi connectivity index (χ1n) is 11.4. The van der Waals surface area contributed by atoms with Crippen molar-refractivity contribution in [1.29, 1.82) is 0 Å². The molecule has 2 aromatic carbocycles. The molecule has 5 nitrogen and oxygen atoms in total. The van der Waals surface area contributed by atoms with Crippen LogP contribution in [0.3, 0.4) is 0 Å². The van der Waals surface area contributed by atoms with Crippen LogP contribution in [-0.2, 0) is 6.61 Å². The van der Waals surface area contributed by atoms with E-state index in [1.807, 2.05) is 54.6 Å². The number of carbonyl (C=O) groups is 1. The Kier molecular flexibility index (Phi) is 4.76. The summed E-state index contributed by atoms with van der Waals surface area (Å²) in [6.07, 6.45) is 7.55. The number of rotatable bonds is 6. The number of ether oxygens (including phenoxy) is 1. The quantitative estimate of drug-likeness (QED) is 0.514. The van der Waals surface area contributed by atoms with Gasteiger partial charge in [-0.2, -0.15) is 5.10 Å². The lowest BCUT2D eigenvalue weighted by molar-refractivity contribution is 0.0935. The van der Waals surface area contributed by atoms with E-state index in [2.05, 4.69) is 15.1 Å². The number of H-pyrrole nitrogens is 1. The lowest BCUT2D eigenvalue weighted by Crippen LogP contribution is -2.53. The molecule has 0 radical (unpaired) electrons. The van der Waals surface area contributed by atoms with Crippen molar-refractivity contribution in [1.82, 2.24) is 10.2 Å². The van der Waals surface area contributed by atoms with Crippen molar-refractivity contribution in [3.63, 3.8) is 0 Å². The molecule has 4 bridgehead atoms. The van der Waals surface area contributed by atoms with Crippen molar-refractivity contribution >= 4 is 23.2 Å². The largest absolute Gasteiger partial charge is 0.473 e. The fourth-order valence-corrected chi connectivity index (χ4v) is 6.80. The number of benzene rings is 2. The van der Waals surface area contributed by atoms with Gasteiger partial charge in [-0.3, -0.25) is 4.79 Å². The van der Waals surface area contributed by atoms with E-state index in [0.29, 0.717) is 29.0 Å². The highest BCUT2D eigenvalue weighted by Gasteiger charge is 2.61. The second kappa shape index (κ2) is 7.66. The molecule has 2 unspecified atom stereocenters. The summed E-state index contributed by atoms with van der Waals surface area (Å²) >= 11 is 6.18. The van der Waals surface area contributed by atoms with Crippen LogP contribution in [0.5, 0.6) is 5.88 Å². The summed E-state index contributed by atoms with van der Waals surface area (Å²) < 4.78 is 6.00. The van der Waals surface area contributed by atoms with Gasteiger partial charge in [0.1, 0.15) is 12.2 Å². The Labute approximate surface area is 192 Å². The number of nitrogens with one attached hydrogen (secondary N) is 1. The molecule has 1 amide bonds. The molecule has 1 N–H and O–H groups in total. The average molecular weight is 448 g/mol. The Morgan fingerprint density at radius 3 is 2.50 bits per heavy atom. The molecule has 4 aliphatic carbocycles. The summed E-state index contributed by atoms with van der Waals surface area (Å²) in [7, 11) is 0. The topological polar surface area (TPSA) is 58.2 Å². The first-order chi connectivity index (χ1) is 15.6. The van der Waals surface area contributed by atoms with E-state index < -0.39 is 0 Å². The van der Waals surface area contributed by atoms with Gasteiger partial charge in [-0.25, -0.2) is 5.10 Å². The lowest BCUT2D eigenvalue weighted by atomic mass is 9.79. The Morgan fingerprint density at radius 1 is 1.06 bits per heavy atom. The SMILES string of the molecule is O=C(c1cn[nH]c1OCc1ccccc1)N(c1ccc(Cl)cc1)C12CC3CC(CC1C3)C2. The molecule has 32 heavy (non-hydrogen) atoms. The molecule has 164 valence electrons. The molecular formula is C26H26ClN3O2. The average Bonchev–Trinajstić information content (AvgIpc) is 3.44. The standard InChI is InChI=1S/C26H26ClN3O2/c27-21-6-8-22(9-7-21)30(26-13-18-10-19(14-26)12-20(26)11-18)25(31)23-15-28-29-24(23)32-16-17-4-2-1-3-5-17/h1-9,15,18-20H,10-14,16H2,(H,28,29). The minimum atomic E-state index is -0.119. The zero-order valence-electron chi connectivity index (χ0n) is 17.8. The van der Waals surface area contributed by atoms with E-state index in [0.717, 1.165) is 35.9 Å². The maximum Gasteiger partial charge on any atom is 0.265 e. The maximum atomic E-state index is 14.1. The minimum Gasteiger partial charge on any atom is -0.473 e. The molecule has 1 heterocycles. The first kappa shape index (κ1) is 19.9. The predicted molar refractivity (Wildman–Crippen MR) is 124 cm³/mol. The third-order valence-corrected chi connectivity index (χ3v) is 7.99. The summed E-state index contributed by atoms with van der Waals surface area (Å²) in [6.45, 7) is 0.377. The van der Waals surface area contributed by atoms with Crippen LogP contribution in [0.4, 0.5) is 5.69 Å². The van der Waals surface area contributed by atoms with E-state index in [4.69, 9.17) is 16.3 Å². The summed E-state index contributed by atoms with van der Waals surface area (Å²) in [4.78, 5) is 16.2. The first-order valence-corrected chi connectivity index (χ1v) is 11.8. The van der Waals surface area contributed by atoms with Crippen LogP contribution >= 0.6 is 11.6 Å². The van der Waals surface area contributed by atoms with Gasteiger partial charge in [0.25, 0.3) is 5.91 Å². The van der Waals surface area contributed by atoms with Crippen molar-refractivity contribution in [3.8, 4) is 5.88 Å². The molecule has 1 aromatic heterocycles. The third kappa shape index (κ3) is 3.22. The monoisotopic (exact) mass is 447 g/mol. The number of hydrogen-bond acceptors (Lipinski definition) is 3. The predicted octanol–water partition coefficient (Wildman–Crippen LogP) is 5.87. The number of aromatic amines is 1. The molecule has 4 saturated carbocycles. The Bertz CT molecular complexity index is 1110. The highest BCUT2D eigenvalue weighted by atomic mass is 35.5. The maximum absolute atomic E-state index is 14.1. The van der Waals surface area contributed by atoms with Gasteiger partial charge in [-0.05, 0) is 79.7 Å². The van der Waals surface area contributed by atoms with Crippen LogP contribution in [0.15, 0.2) is 60.8 Å². The summed E-state index contributed by atoms with van der Waals surface area (Å²) in [5.41, 5.74) is 2.31. The zero-order chi connectivity index (χ0) is 21.7. The van der Waals surface area contributed by atoms with Crippen molar-refractivity contribution in [3.05, 3.63) is 76.9 Å². The van der Waals surface area contributed by atoms with Gasteiger partial charge < -0.3 is 9.64 Å². The molecule has 3 aromatic rings. The highest BCUT2D eigenvalue weighted by Crippen LogP contribution is 2.63. The van der Waals surface area contributed by atoms with Crippen molar-refractivity contribution < 1.29 is 9.53 Å². The Morgan fingerprint density at radius 2 is 1.78 bits per heavy atom. The number of aromatic nitrogens is 2. The van der Waals surface area contributed by atoms with Crippen LogP contribution in [0.2, 0.25) is 5.02 Å². The van der Waals surface area contributed by atoms with Crippen LogP contribution in [0, 0.1) is 17.8 Å². The van der Waals surface area contributed by atoms with E-state index in [1.54, 1.807) is 6.20 Å². The van der Waals surface area contributed by atoms with E-state index in [1.165, 1.54) is 19.3 Å². The van der Waals surface area contributed by atoms with Crippen LogP contribution < -0.4 is 9.64 Å².